The standard InChI is InChI=1S/C29H19F3N4/c30-29(31,32)25-9-3-1-7-22(25)28-24(16-33)27(23-8-2-4-10-26(23)36-28)35-17-19-11-13-20(14-12-19)21-6-5-15-34-18-21/h1-15,18H,17H2,(H,35,36). The number of alkyl halides is 3. The Morgan fingerprint density at radius 1 is 0.833 bits per heavy atom. The lowest BCUT2D eigenvalue weighted by molar-refractivity contribution is -0.137. The molecular formula is C29H19F3N4. The van der Waals surface area contributed by atoms with Crippen molar-refractivity contribution in [2.24, 2.45) is 0 Å². The second-order valence-electron chi connectivity index (χ2n) is 8.17. The van der Waals surface area contributed by atoms with Gasteiger partial charge in [0.15, 0.2) is 0 Å². The van der Waals surface area contributed by atoms with Crippen LogP contribution in [0.3, 0.4) is 0 Å². The van der Waals surface area contributed by atoms with Gasteiger partial charge in [0.2, 0.25) is 0 Å². The SMILES string of the molecule is N#Cc1c(-c2ccccc2C(F)(F)F)nc2ccccc2c1NCc1ccc(-c2cccnc2)cc1. The van der Waals surface area contributed by atoms with Gasteiger partial charge in [0.1, 0.15) is 11.6 Å². The molecule has 0 spiro atoms. The summed E-state index contributed by atoms with van der Waals surface area (Å²) in [6, 6.07) is 26.1. The van der Waals surface area contributed by atoms with Gasteiger partial charge in [-0.15, -0.1) is 0 Å². The van der Waals surface area contributed by atoms with Crippen molar-refractivity contribution in [3.8, 4) is 28.5 Å². The van der Waals surface area contributed by atoms with Crippen LogP contribution in [0.1, 0.15) is 16.7 Å². The van der Waals surface area contributed by atoms with Crippen LogP contribution in [0.2, 0.25) is 0 Å². The van der Waals surface area contributed by atoms with Crippen LogP contribution in [0.15, 0.2) is 97.3 Å². The summed E-state index contributed by atoms with van der Waals surface area (Å²) in [5, 5.41) is 14.0. The summed E-state index contributed by atoms with van der Waals surface area (Å²) in [6.07, 6.45) is -1.08. The van der Waals surface area contributed by atoms with Gasteiger partial charge in [0.05, 0.1) is 22.5 Å². The van der Waals surface area contributed by atoms with Crippen LogP contribution in [0, 0.1) is 11.3 Å². The van der Waals surface area contributed by atoms with E-state index in [-0.39, 0.29) is 16.8 Å². The fourth-order valence-corrected chi connectivity index (χ4v) is 4.18. The van der Waals surface area contributed by atoms with E-state index in [0.29, 0.717) is 23.1 Å². The van der Waals surface area contributed by atoms with E-state index in [4.69, 9.17) is 0 Å². The minimum Gasteiger partial charge on any atom is -0.379 e. The Balaban J connectivity index is 1.56. The van der Waals surface area contributed by atoms with E-state index in [2.05, 4.69) is 21.4 Å². The Morgan fingerprint density at radius 3 is 2.31 bits per heavy atom. The van der Waals surface area contributed by atoms with Crippen molar-refractivity contribution in [2.75, 3.05) is 5.32 Å². The number of hydrogen-bond donors (Lipinski definition) is 1. The Morgan fingerprint density at radius 2 is 1.58 bits per heavy atom. The van der Waals surface area contributed by atoms with E-state index in [9.17, 15) is 18.4 Å². The number of pyridine rings is 2. The number of fused-ring (bicyclic) bond motifs is 1. The van der Waals surface area contributed by atoms with Crippen molar-refractivity contribution in [1.82, 2.24) is 9.97 Å². The molecule has 2 heterocycles. The number of benzene rings is 3. The minimum absolute atomic E-state index is 0.00134. The second-order valence-corrected chi connectivity index (χ2v) is 8.17. The third-order valence-electron chi connectivity index (χ3n) is 5.91. The largest absolute Gasteiger partial charge is 0.417 e. The first-order chi connectivity index (χ1) is 17.5. The molecule has 1 N–H and O–H groups in total. The highest BCUT2D eigenvalue weighted by Gasteiger charge is 2.34. The molecule has 0 aliphatic heterocycles. The molecule has 0 amide bonds. The molecule has 7 heteroatoms. The topological polar surface area (TPSA) is 61.6 Å². The fourth-order valence-electron chi connectivity index (χ4n) is 4.18. The molecule has 0 saturated heterocycles. The van der Waals surface area contributed by atoms with Crippen LogP contribution in [0.5, 0.6) is 0 Å². The minimum atomic E-state index is -4.58. The van der Waals surface area contributed by atoms with Crippen LogP contribution in [0.4, 0.5) is 18.9 Å². The zero-order valence-electron chi connectivity index (χ0n) is 18.9. The van der Waals surface area contributed by atoms with E-state index in [1.807, 2.05) is 42.5 Å². The molecule has 176 valence electrons. The highest BCUT2D eigenvalue weighted by atomic mass is 19.4. The van der Waals surface area contributed by atoms with E-state index in [0.717, 1.165) is 22.8 Å². The highest BCUT2D eigenvalue weighted by molar-refractivity contribution is 5.98. The van der Waals surface area contributed by atoms with Gasteiger partial charge in [0, 0.05) is 29.9 Å². The van der Waals surface area contributed by atoms with Crippen molar-refractivity contribution in [3.05, 3.63) is 114 Å². The lowest BCUT2D eigenvalue weighted by Gasteiger charge is -2.18. The normalized spacial score (nSPS) is 11.3. The molecule has 0 bridgehead atoms. The Bertz CT molecular complexity index is 1570. The van der Waals surface area contributed by atoms with Gasteiger partial charge < -0.3 is 5.32 Å². The van der Waals surface area contributed by atoms with Gasteiger partial charge in [0.25, 0.3) is 0 Å². The zero-order valence-corrected chi connectivity index (χ0v) is 18.9. The smallest absolute Gasteiger partial charge is 0.379 e. The number of halogens is 3. The predicted octanol–water partition coefficient (Wildman–Crippen LogP) is 7.47. The summed E-state index contributed by atoms with van der Waals surface area (Å²) < 4.78 is 41.3. The molecule has 0 saturated carbocycles. The molecule has 0 fully saturated rings. The van der Waals surface area contributed by atoms with E-state index in [1.54, 1.807) is 30.6 Å². The van der Waals surface area contributed by atoms with Crippen LogP contribution in [0.25, 0.3) is 33.3 Å². The molecule has 4 nitrogen and oxygen atoms in total. The van der Waals surface area contributed by atoms with Crippen molar-refractivity contribution in [3.63, 3.8) is 0 Å². The molecule has 5 aromatic rings. The van der Waals surface area contributed by atoms with Crippen LogP contribution in [-0.4, -0.2) is 9.97 Å². The Hall–Kier alpha value is -4.70. The number of nitrogens with zero attached hydrogens (tertiary/aromatic N) is 3. The summed E-state index contributed by atoms with van der Waals surface area (Å²) in [6.45, 7) is 0.371. The van der Waals surface area contributed by atoms with Crippen LogP contribution in [-0.2, 0) is 12.7 Å². The Labute approximate surface area is 205 Å². The number of aromatic nitrogens is 2. The van der Waals surface area contributed by atoms with Crippen molar-refractivity contribution in [2.45, 2.75) is 12.7 Å². The summed E-state index contributed by atoms with van der Waals surface area (Å²) in [5.74, 6) is 0. The number of para-hydroxylation sites is 1. The summed E-state index contributed by atoms with van der Waals surface area (Å²) in [5.41, 5.74) is 3.02. The van der Waals surface area contributed by atoms with Crippen LogP contribution < -0.4 is 5.32 Å². The summed E-state index contributed by atoms with van der Waals surface area (Å²) in [4.78, 5) is 8.63. The molecule has 0 atom stereocenters. The van der Waals surface area contributed by atoms with E-state index < -0.39 is 11.7 Å². The quantitative estimate of drug-likeness (QED) is 0.284. The lowest BCUT2D eigenvalue weighted by Crippen LogP contribution is -2.09. The predicted molar refractivity (Wildman–Crippen MR) is 134 cm³/mol. The van der Waals surface area contributed by atoms with Crippen molar-refractivity contribution in [1.29, 1.82) is 5.26 Å². The van der Waals surface area contributed by atoms with Gasteiger partial charge in [-0.3, -0.25) is 4.98 Å². The number of rotatable bonds is 5. The zero-order chi connectivity index (χ0) is 25.1. The maximum atomic E-state index is 13.8. The monoisotopic (exact) mass is 480 g/mol. The molecule has 5 rings (SSSR count). The first-order valence-electron chi connectivity index (χ1n) is 11.2. The summed E-state index contributed by atoms with van der Waals surface area (Å²) >= 11 is 0. The van der Waals surface area contributed by atoms with Gasteiger partial charge in [-0.25, -0.2) is 4.98 Å². The molecule has 36 heavy (non-hydrogen) atoms. The lowest BCUT2D eigenvalue weighted by atomic mass is 9.97. The molecule has 2 aromatic heterocycles. The second kappa shape index (κ2) is 9.51. The maximum Gasteiger partial charge on any atom is 0.417 e. The number of nitriles is 1. The number of anilines is 1. The van der Waals surface area contributed by atoms with Crippen LogP contribution >= 0.6 is 0 Å². The molecule has 0 unspecified atom stereocenters. The molecule has 0 aliphatic rings. The molecule has 0 aliphatic carbocycles. The van der Waals surface area contributed by atoms with Gasteiger partial charge >= 0.3 is 6.18 Å². The number of nitrogens with one attached hydrogen (secondary N) is 1. The Kier molecular flexibility index (Phi) is 6.09. The fraction of sp³-hybridized carbons (Fsp3) is 0.0690. The number of hydrogen-bond acceptors (Lipinski definition) is 4. The average molecular weight is 480 g/mol. The van der Waals surface area contributed by atoms with Crippen molar-refractivity contribution < 1.29 is 13.2 Å². The van der Waals surface area contributed by atoms with E-state index >= 15 is 0 Å². The third kappa shape index (κ3) is 4.49. The van der Waals surface area contributed by atoms with Gasteiger partial charge in [-0.05, 0) is 34.9 Å². The molecule has 0 radical (unpaired) electrons. The first kappa shape index (κ1) is 23.1. The third-order valence-corrected chi connectivity index (χ3v) is 5.91. The highest BCUT2D eigenvalue weighted by Crippen LogP contribution is 2.40. The summed E-state index contributed by atoms with van der Waals surface area (Å²) in [7, 11) is 0. The van der Waals surface area contributed by atoms with Gasteiger partial charge in [-0.1, -0.05) is 66.7 Å². The first-order valence-corrected chi connectivity index (χ1v) is 11.2. The van der Waals surface area contributed by atoms with E-state index in [1.165, 1.54) is 18.2 Å². The maximum absolute atomic E-state index is 13.8. The van der Waals surface area contributed by atoms with Gasteiger partial charge in [-0.2, -0.15) is 18.4 Å². The molecule has 3 aromatic carbocycles. The average Bonchev–Trinajstić information content (AvgIpc) is 2.91. The van der Waals surface area contributed by atoms with Crippen molar-refractivity contribution >= 4 is 16.6 Å². The molecular weight excluding hydrogens is 461 g/mol.